The minimum absolute atomic E-state index is 0.102. The Bertz CT molecular complexity index is 958. The first-order valence-corrected chi connectivity index (χ1v) is 10.1. The molecule has 2 aromatic carbocycles. The van der Waals surface area contributed by atoms with Crippen molar-refractivity contribution in [3.05, 3.63) is 48.0 Å². The van der Waals surface area contributed by atoms with Gasteiger partial charge in [0.25, 0.3) is 5.91 Å². The minimum atomic E-state index is -3.40. The molecule has 3 rings (SSSR count). The molecule has 0 bridgehead atoms. The van der Waals surface area contributed by atoms with Crippen molar-refractivity contribution < 1.29 is 18.0 Å². The highest BCUT2D eigenvalue weighted by Gasteiger charge is 2.17. The first-order valence-electron chi connectivity index (χ1n) is 7.26. The predicted molar refractivity (Wildman–Crippen MR) is 98.7 cm³/mol. The van der Waals surface area contributed by atoms with E-state index in [9.17, 15) is 18.0 Å². The van der Waals surface area contributed by atoms with Crippen LogP contribution in [0.5, 0.6) is 0 Å². The van der Waals surface area contributed by atoms with Crippen molar-refractivity contribution >= 4 is 50.7 Å². The summed E-state index contributed by atoms with van der Waals surface area (Å²) in [6, 6.07) is 11.5. The molecule has 2 amide bonds. The third kappa shape index (κ3) is 4.52. The van der Waals surface area contributed by atoms with Crippen LogP contribution in [-0.4, -0.2) is 32.2 Å². The smallest absolute Gasteiger partial charge is 0.255 e. The van der Waals surface area contributed by atoms with E-state index in [4.69, 9.17) is 0 Å². The molecule has 25 heavy (non-hydrogen) atoms. The highest BCUT2D eigenvalue weighted by atomic mass is 32.2. The van der Waals surface area contributed by atoms with Crippen LogP contribution in [0.4, 0.5) is 17.1 Å². The largest absolute Gasteiger partial charge is 0.324 e. The van der Waals surface area contributed by atoms with Crippen LogP contribution in [0.3, 0.4) is 0 Å². The molecule has 0 atom stereocenters. The topological polar surface area (TPSA) is 104 Å². The van der Waals surface area contributed by atoms with E-state index in [-0.39, 0.29) is 11.8 Å². The molecule has 9 heteroatoms. The second-order valence-corrected chi connectivity index (χ2v) is 8.22. The summed E-state index contributed by atoms with van der Waals surface area (Å²) in [5.74, 6) is -0.0997. The number of nitrogens with one attached hydrogen (secondary N) is 3. The Balaban J connectivity index is 1.78. The fourth-order valence-corrected chi connectivity index (χ4v) is 3.65. The van der Waals surface area contributed by atoms with Gasteiger partial charge in [0.05, 0.1) is 23.4 Å². The van der Waals surface area contributed by atoms with Gasteiger partial charge in [-0.2, -0.15) is 0 Å². The van der Waals surface area contributed by atoms with Crippen molar-refractivity contribution in [3.8, 4) is 0 Å². The van der Waals surface area contributed by atoms with Crippen LogP contribution in [0.15, 0.2) is 47.4 Å². The van der Waals surface area contributed by atoms with Crippen molar-refractivity contribution in [3.63, 3.8) is 0 Å². The summed E-state index contributed by atoms with van der Waals surface area (Å²) < 4.78 is 24.9. The Kier molecular flexibility index (Phi) is 4.69. The number of hydrogen-bond acceptors (Lipinski definition) is 5. The SMILES string of the molecule is CS(=O)(=O)Nc1cccc(NC(=O)c2ccc3c(c2)NC(=O)CS3)c1. The van der Waals surface area contributed by atoms with E-state index < -0.39 is 10.0 Å². The van der Waals surface area contributed by atoms with E-state index in [0.717, 1.165) is 11.2 Å². The lowest BCUT2D eigenvalue weighted by Crippen LogP contribution is -2.20. The summed E-state index contributed by atoms with van der Waals surface area (Å²) in [7, 11) is -3.40. The van der Waals surface area contributed by atoms with E-state index >= 15 is 0 Å². The summed E-state index contributed by atoms with van der Waals surface area (Å²) >= 11 is 1.42. The van der Waals surface area contributed by atoms with Crippen LogP contribution in [0.1, 0.15) is 10.4 Å². The van der Waals surface area contributed by atoms with Crippen LogP contribution in [0, 0.1) is 0 Å². The van der Waals surface area contributed by atoms with Crippen molar-refractivity contribution in [1.29, 1.82) is 0 Å². The zero-order valence-corrected chi connectivity index (χ0v) is 14.8. The normalized spacial score (nSPS) is 13.6. The van der Waals surface area contributed by atoms with Crippen LogP contribution in [0.25, 0.3) is 0 Å². The molecule has 0 aliphatic carbocycles. The number of carbonyl (C=O) groups excluding carboxylic acids is 2. The number of amides is 2. The molecule has 0 fully saturated rings. The van der Waals surface area contributed by atoms with Gasteiger partial charge in [-0.05, 0) is 36.4 Å². The van der Waals surface area contributed by atoms with Crippen molar-refractivity contribution in [2.75, 3.05) is 27.4 Å². The third-order valence-electron chi connectivity index (χ3n) is 3.30. The van der Waals surface area contributed by atoms with Crippen LogP contribution in [-0.2, 0) is 14.8 Å². The summed E-state index contributed by atoms with van der Waals surface area (Å²) in [5, 5.41) is 5.45. The van der Waals surface area contributed by atoms with E-state index in [1.165, 1.54) is 17.8 Å². The second kappa shape index (κ2) is 6.77. The van der Waals surface area contributed by atoms with Gasteiger partial charge in [-0.3, -0.25) is 14.3 Å². The Morgan fingerprint density at radius 3 is 2.68 bits per heavy atom. The molecule has 0 spiro atoms. The number of anilines is 3. The quantitative estimate of drug-likeness (QED) is 0.759. The molecule has 0 unspecified atom stereocenters. The van der Waals surface area contributed by atoms with Crippen molar-refractivity contribution in [2.24, 2.45) is 0 Å². The average Bonchev–Trinajstić information content (AvgIpc) is 2.52. The number of thioether (sulfide) groups is 1. The van der Waals surface area contributed by atoms with E-state index in [0.29, 0.717) is 28.4 Å². The summed E-state index contributed by atoms with van der Waals surface area (Å²) in [6.45, 7) is 0. The van der Waals surface area contributed by atoms with Gasteiger partial charge in [0.1, 0.15) is 0 Å². The first kappa shape index (κ1) is 17.3. The predicted octanol–water partition coefficient (Wildman–Crippen LogP) is 2.35. The number of hydrogen-bond donors (Lipinski definition) is 3. The lowest BCUT2D eigenvalue weighted by molar-refractivity contribution is -0.113. The Hall–Kier alpha value is -2.52. The first-order chi connectivity index (χ1) is 11.8. The van der Waals surface area contributed by atoms with Crippen molar-refractivity contribution in [2.45, 2.75) is 4.90 Å². The molecular weight excluding hydrogens is 362 g/mol. The molecule has 1 aliphatic rings. The molecule has 0 radical (unpaired) electrons. The summed E-state index contributed by atoms with van der Waals surface area (Å²) in [5.41, 5.74) is 1.81. The molecule has 0 aromatic heterocycles. The number of fused-ring (bicyclic) bond motifs is 1. The maximum Gasteiger partial charge on any atom is 0.255 e. The maximum absolute atomic E-state index is 12.4. The number of sulfonamides is 1. The van der Waals surface area contributed by atoms with E-state index in [2.05, 4.69) is 15.4 Å². The van der Waals surface area contributed by atoms with Gasteiger partial charge in [-0.15, -0.1) is 11.8 Å². The molecule has 0 saturated carbocycles. The molecule has 1 heterocycles. The molecule has 130 valence electrons. The second-order valence-electron chi connectivity index (χ2n) is 5.46. The number of benzene rings is 2. The van der Waals surface area contributed by atoms with Gasteiger partial charge in [0, 0.05) is 16.1 Å². The maximum atomic E-state index is 12.4. The van der Waals surface area contributed by atoms with E-state index in [1.54, 1.807) is 36.4 Å². The summed E-state index contributed by atoms with van der Waals surface area (Å²) in [4.78, 5) is 24.8. The Labute approximate surface area is 149 Å². The molecule has 7 nitrogen and oxygen atoms in total. The monoisotopic (exact) mass is 377 g/mol. The molecular formula is C16H15N3O4S2. The average molecular weight is 377 g/mol. The van der Waals surface area contributed by atoms with Gasteiger partial charge in [-0.1, -0.05) is 6.07 Å². The fraction of sp³-hybridized carbons (Fsp3) is 0.125. The lowest BCUT2D eigenvalue weighted by Gasteiger charge is -2.17. The van der Waals surface area contributed by atoms with E-state index in [1.807, 2.05) is 0 Å². The third-order valence-corrected chi connectivity index (χ3v) is 4.98. The Morgan fingerprint density at radius 1 is 1.16 bits per heavy atom. The van der Waals surface area contributed by atoms with Crippen LogP contribution >= 0.6 is 11.8 Å². The highest BCUT2D eigenvalue weighted by Crippen LogP contribution is 2.32. The van der Waals surface area contributed by atoms with Crippen LogP contribution in [0.2, 0.25) is 0 Å². The fourth-order valence-electron chi connectivity index (χ4n) is 2.30. The van der Waals surface area contributed by atoms with Crippen molar-refractivity contribution in [1.82, 2.24) is 0 Å². The number of carbonyl (C=O) groups is 2. The molecule has 3 N–H and O–H groups in total. The van der Waals surface area contributed by atoms with Gasteiger partial charge in [-0.25, -0.2) is 8.42 Å². The molecule has 0 saturated heterocycles. The molecule has 1 aliphatic heterocycles. The number of rotatable bonds is 4. The molecule has 2 aromatic rings. The zero-order valence-electron chi connectivity index (χ0n) is 13.2. The lowest BCUT2D eigenvalue weighted by atomic mass is 10.1. The van der Waals surface area contributed by atoms with Gasteiger partial charge < -0.3 is 10.6 Å². The summed E-state index contributed by atoms with van der Waals surface area (Å²) in [6.07, 6.45) is 1.05. The zero-order chi connectivity index (χ0) is 18.0. The Morgan fingerprint density at radius 2 is 1.92 bits per heavy atom. The van der Waals surface area contributed by atoms with Gasteiger partial charge in [0.15, 0.2) is 0 Å². The minimum Gasteiger partial charge on any atom is -0.324 e. The standard InChI is InChI=1S/C16H15N3O4S2/c1-25(22,23)19-12-4-2-3-11(8-12)17-16(21)10-5-6-14-13(7-10)18-15(20)9-24-14/h2-8,19H,9H2,1H3,(H,17,21)(H,18,20). The van der Waals surface area contributed by atoms with Gasteiger partial charge >= 0.3 is 0 Å². The highest BCUT2D eigenvalue weighted by molar-refractivity contribution is 8.00. The van der Waals surface area contributed by atoms with Crippen LogP contribution < -0.4 is 15.4 Å². The van der Waals surface area contributed by atoms with Gasteiger partial charge in [0.2, 0.25) is 15.9 Å².